The summed E-state index contributed by atoms with van der Waals surface area (Å²) < 4.78 is 3.66. The molecule has 0 aliphatic heterocycles. The van der Waals surface area contributed by atoms with Crippen molar-refractivity contribution in [1.29, 1.82) is 5.26 Å². The lowest BCUT2D eigenvalue weighted by molar-refractivity contribution is -0.118. The Balaban J connectivity index is 2.01. The zero-order chi connectivity index (χ0) is 19.0. The molecule has 9 heteroatoms. The summed E-state index contributed by atoms with van der Waals surface area (Å²) in [6.07, 6.45) is 1.36. The van der Waals surface area contributed by atoms with Gasteiger partial charge in [0.15, 0.2) is 11.2 Å². The zero-order valence-electron chi connectivity index (χ0n) is 14.4. The minimum absolute atomic E-state index is 0.169. The van der Waals surface area contributed by atoms with Gasteiger partial charge in [0, 0.05) is 19.8 Å². The van der Waals surface area contributed by atoms with E-state index in [1.165, 1.54) is 29.6 Å². The lowest BCUT2D eigenvalue weighted by Crippen LogP contribution is -2.38. The predicted molar refractivity (Wildman–Crippen MR) is 94.7 cm³/mol. The van der Waals surface area contributed by atoms with Crippen LogP contribution in [0.2, 0.25) is 0 Å². The van der Waals surface area contributed by atoms with Gasteiger partial charge in [-0.15, -0.1) is 0 Å². The molecule has 1 N–H and O–H groups in total. The van der Waals surface area contributed by atoms with Crippen LogP contribution in [0.1, 0.15) is 18.5 Å². The number of nitrogens with zero attached hydrogens (tertiary/aromatic N) is 5. The van der Waals surface area contributed by atoms with E-state index in [2.05, 4.69) is 10.3 Å². The van der Waals surface area contributed by atoms with Crippen molar-refractivity contribution in [2.45, 2.75) is 13.0 Å². The molecule has 9 nitrogen and oxygen atoms in total. The predicted octanol–water partition coefficient (Wildman–Crippen LogP) is 0.505. The Hall–Kier alpha value is -3.67. The number of rotatable bonds is 3. The summed E-state index contributed by atoms with van der Waals surface area (Å²) in [7, 11) is 2.89. The molecule has 2 heterocycles. The second-order valence-electron chi connectivity index (χ2n) is 5.89. The van der Waals surface area contributed by atoms with Gasteiger partial charge in [-0.1, -0.05) is 6.07 Å². The molecule has 0 saturated heterocycles. The van der Waals surface area contributed by atoms with Crippen molar-refractivity contribution in [3.63, 3.8) is 0 Å². The first-order valence-corrected chi connectivity index (χ1v) is 7.78. The van der Waals surface area contributed by atoms with Crippen LogP contribution in [0.25, 0.3) is 11.2 Å². The number of imidazole rings is 1. The van der Waals surface area contributed by atoms with Gasteiger partial charge in [0.25, 0.3) is 5.56 Å². The van der Waals surface area contributed by atoms with Crippen LogP contribution < -0.4 is 16.6 Å². The van der Waals surface area contributed by atoms with Crippen molar-refractivity contribution in [3.05, 3.63) is 57.0 Å². The Morgan fingerprint density at radius 2 is 2.00 bits per heavy atom. The third-order valence-corrected chi connectivity index (χ3v) is 4.23. The molecule has 2 aromatic heterocycles. The number of carbonyl (C=O) groups excluding carboxylic acids is 1. The molecular formula is C17H16N6O3. The molecule has 0 spiro atoms. The van der Waals surface area contributed by atoms with Crippen LogP contribution in [0.3, 0.4) is 0 Å². The zero-order valence-corrected chi connectivity index (χ0v) is 14.4. The molecule has 0 aliphatic carbocycles. The largest absolute Gasteiger partial charge is 0.332 e. The number of aryl methyl sites for hydroxylation is 1. The summed E-state index contributed by atoms with van der Waals surface area (Å²) >= 11 is 0. The highest BCUT2D eigenvalue weighted by Gasteiger charge is 2.22. The Kier molecular flexibility index (Phi) is 4.18. The summed E-state index contributed by atoms with van der Waals surface area (Å²) in [6.45, 7) is 1.62. The molecule has 0 aliphatic rings. The van der Waals surface area contributed by atoms with E-state index in [9.17, 15) is 14.4 Å². The average Bonchev–Trinajstić information content (AvgIpc) is 3.09. The summed E-state index contributed by atoms with van der Waals surface area (Å²) in [6, 6.07) is 7.77. The van der Waals surface area contributed by atoms with Crippen molar-refractivity contribution in [1.82, 2.24) is 18.7 Å². The Morgan fingerprint density at radius 3 is 2.69 bits per heavy atom. The molecule has 1 aromatic carbocycles. The molecule has 3 aromatic rings. The number of anilines is 1. The van der Waals surface area contributed by atoms with E-state index >= 15 is 0 Å². The van der Waals surface area contributed by atoms with E-state index in [0.717, 1.165) is 4.57 Å². The van der Waals surface area contributed by atoms with Crippen molar-refractivity contribution < 1.29 is 4.79 Å². The molecule has 0 fully saturated rings. The van der Waals surface area contributed by atoms with E-state index in [1.54, 1.807) is 31.2 Å². The third-order valence-electron chi connectivity index (χ3n) is 4.23. The second-order valence-corrected chi connectivity index (χ2v) is 5.89. The third kappa shape index (κ3) is 2.67. The van der Waals surface area contributed by atoms with E-state index in [4.69, 9.17) is 5.26 Å². The van der Waals surface area contributed by atoms with Gasteiger partial charge in [-0.3, -0.25) is 18.7 Å². The topological polar surface area (TPSA) is 115 Å². The first-order chi connectivity index (χ1) is 12.3. The van der Waals surface area contributed by atoms with Gasteiger partial charge in [0.1, 0.15) is 6.04 Å². The Labute approximate surface area is 147 Å². The maximum absolute atomic E-state index is 12.6. The normalized spacial score (nSPS) is 11.9. The van der Waals surface area contributed by atoms with Gasteiger partial charge in [-0.05, 0) is 25.1 Å². The fourth-order valence-corrected chi connectivity index (χ4v) is 2.70. The number of amides is 1. The number of nitriles is 1. The van der Waals surface area contributed by atoms with E-state index < -0.39 is 17.3 Å². The van der Waals surface area contributed by atoms with Crippen LogP contribution in [0.15, 0.2) is 40.2 Å². The van der Waals surface area contributed by atoms with Gasteiger partial charge in [-0.2, -0.15) is 5.26 Å². The number of benzene rings is 1. The number of carbonyl (C=O) groups is 1. The molecule has 26 heavy (non-hydrogen) atoms. The summed E-state index contributed by atoms with van der Waals surface area (Å²) in [5, 5.41) is 11.7. The average molecular weight is 352 g/mol. The fraction of sp³-hybridized carbons (Fsp3) is 0.235. The lowest BCUT2D eigenvalue weighted by atomic mass is 10.2. The second kappa shape index (κ2) is 6.33. The Bertz CT molecular complexity index is 1180. The van der Waals surface area contributed by atoms with Crippen LogP contribution in [0, 0.1) is 11.3 Å². The van der Waals surface area contributed by atoms with Crippen molar-refractivity contribution >= 4 is 22.8 Å². The van der Waals surface area contributed by atoms with Crippen molar-refractivity contribution in [3.8, 4) is 6.07 Å². The monoisotopic (exact) mass is 352 g/mol. The molecule has 3 rings (SSSR count). The highest BCUT2D eigenvalue weighted by molar-refractivity contribution is 5.94. The van der Waals surface area contributed by atoms with E-state index in [-0.39, 0.29) is 17.1 Å². The number of hydrogen-bond donors (Lipinski definition) is 1. The maximum atomic E-state index is 12.6. The number of nitrogens with one attached hydrogen (secondary N) is 1. The molecule has 0 saturated carbocycles. The minimum Gasteiger partial charge on any atom is -0.324 e. The number of hydrogen-bond acceptors (Lipinski definition) is 5. The summed E-state index contributed by atoms with van der Waals surface area (Å²) in [4.78, 5) is 41.2. The molecule has 132 valence electrons. The highest BCUT2D eigenvalue weighted by Crippen LogP contribution is 2.16. The molecule has 1 atom stereocenters. The van der Waals surface area contributed by atoms with Crippen LogP contribution >= 0.6 is 0 Å². The lowest BCUT2D eigenvalue weighted by Gasteiger charge is -2.15. The molecular weight excluding hydrogens is 336 g/mol. The molecule has 1 amide bonds. The first-order valence-electron chi connectivity index (χ1n) is 7.78. The fourth-order valence-electron chi connectivity index (χ4n) is 2.70. The van der Waals surface area contributed by atoms with Crippen molar-refractivity contribution in [2.75, 3.05) is 5.32 Å². The van der Waals surface area contributed by atoms with E-state index in [1.807, 2.05) is 6.07 Å². The van der Waals surface area contributed by atoms with E-state index in [0.29, 0.717) is 11.3 Å². The number of fused-ring (bicyclic) bond motifs is 1. The molecule has 1 unspecified atom stereocenters. The van der Waals surface area contributed by atoms with Gasteiger partial charge >= 0.3 is 5.69 Å². The maximum Gasteiger partial charge on any atom is 0.332 e. The molecule has 0 radical (unpaired) electrons. The SMILES string of the molecule is CC(C(=O)Nc1cccc(C#N)c1)n1cnc2c1c(=O)n(C)c(=O)n2C. The van der Waals surface area contributed by atoms with Crippen LogP contribution in [-0.2, 0) is 18.9 Å². The number of aromatic nitrogens is 4. The van der Waals surface area contributed by atoms with Gasteiger partial charge in [-0.25, -0.2) is 9.78 Å². The van der Waals surface area contributed by atoms with Crippen LogP contribution in [0.5, 0.6) is 0 Å². The Morgan fingerprint density at radius 1 is 1.27 bits per heavy atom. The minimum atomic E-state index is -0.754. The summed E-state index contributed by atoms with van der Waals surface area (Å²) in [5.41, 5.74) is 0.273. The first kappa shape index (κ1) is 17.2. The van der Waals surface area contributed by atoms with Crippen LogP contribution in [-0.4, -0.2) is 24.6 Å². The van der Waals surface area contributed by atoms with Crippen LogP contribution in [0.4, 0.5) is 5.69 Å². The smallest absolute Gasteiger partial charge is 0.324 e. The standard InChI is InChI=1S/C17H16N6O3/c1-10(15(24)20-12-6-4-5-11(7-12)8-18)23-9-19-14-13(23)16(25)22(3)17(26)21(14)2/h4-7,9-10H,1-3H3,(H,20,24). The quantitative estimate of drug-likeness (QED) is 0.737. The summed E-state index contributed by atoms with van der Waals surface area (Å²) in [5.74, 6) is -0.379. The highest BCUT2D eigenvalue weighted by atomic mass is 16.2. The van der Waals surface area contributed by atoms with Crippen molar-refractivity contribution in [2.24, 2.45) is 14.1 Å². The van der Waals surface area contributed by atoms with Gasteiger partial charge < -0.3 is 9.88 Å². The molecule has 0 bridgehead atoms. The van der Waals surface area contributed by atoms with Gasteiger partial charge in [0.2, 0.25) is 5.91 Å². The van der Waals surface area contributed by atoms with Gasteiger partial charge in [0.05, 0.1) is 18.0 Å².